The zero-order chi connectivity index (χ0) is 19.6. The van der Waals surface area contributed by atoms with Crippen molar-refractivity contribution in [3.63, 3.8) is 0 Å². The molecule has 0 unspecified atom stereocenters. The summed E-state index contributed by atoms with van der Waals surface area (Å²) in [5, 5.41) is 24.9. The second-order valence-electron chi connectivity index (χ2n) is 6.28. The number of hydrogen-bond acceptors (Lipinski definition) is 6. The summed E-state index contributed by atoms with van der Waals surface area (Å²) in [6, 6.07) is 7.29. The Balaban J connectivity index is 2.15. The van der Waals surface area contributed by atoms with Gasteiger partial charge in [0, 0.05) is 30.2 Å². The molecule has 1 aromatic heterocycles. The zero-order valence-electron chi connectivity index (χ0n) is 15.3. The van der Waals surface area contributed by atoms with Crippen LogP contribution in [0.2, 0.25) is 0 Å². The lowest BCUT2D eigenvalue weighted by Crippen LogP contribution is -2.28. The maximum absolute atomic E-state index is 13.0. The molecule has 0 fully saturated rings. The van der Waals surface area contributed by atoms with Crippen molar-refractivity contribution >= 4 is 33.2 Å². The Kier molecular flexibility index (Phi) is 5.27. The SMILES string of the molecule is CCN(CC)CCNc1ccc([N+](=O)[O-])c2[nH]c3ccc(O)cc3c(=O)c12. The number of nitro groups is 1. The number of H-pyrrole nitrogens is 1. The van der Waals surface area contributed by atoms with Crippen LogP contribution < -0.4 is 10.7 Å². The highest BCUT2D eigenvalue weighted by atomic mass is 16.6. The molecule has 27 heavy (non-hydrogen) atoms. The highest BCUT2D eigenvalue weighted by molar-refractivity contribution is 6.03. The molecule has 0 radical (unpaired) electrons. The molecule has 3 aromatic rings. The smallest absolute Gasteiger partial charge is 0.293 e. The van der Waals surface area contributed by atoms with Crippen LogP contribution in [0.4, 0.5) is 11.4 Å². The zero-order valence-corrected chi connectivity index (χ0v) is 15.3. The van der Waals surface area contributed by atoms with E-state index in [9.17, 15) is 20.0 Å². The molecular weight excluding hydrogens is 348 g/mol. The first-order valence-electron chi connectivity index (χ1n) is 8.88. The number of nitrogens with zero attached hydrogens (tertiary/aromatic N) is 2. The van der Waals surface area contributed by atoms with Gasteiger partial charge >= 0.3 is 0 Å². The quantitative estimate of drug-likeness (QED) is 0.335. The summed E-state index contributed by atoms with van der Waals surface area (Å²) in [4.78, 5) is 29.2. The van der Waals surface area contributed by atoms with Crippen LogP contribution in [-0.4, -0.2) is 46.1 Å². The van der Waals surface area contributed by atoms with Crippen LogP contribution in [0.15, 0.2) is 35.1 Å². The molecule has 0 saturated carbocycles. The van der Waals surface area contributed by atoms with E-state index < -0.39 is 4.92 Å². The molecule has 3 N–H and O–H groups in total. The minimum atomic E-state index is -0.510. The number of rotatable bonds is 7. The number of non-ortho nitro benzene ring substituents is 1. The third-order valence-electron chi connectivity index (χ3n) is 4.75. The van der Waals surface area contributed by atoms with E-state index in [2.05, 4.69) is 29.0 Å². The summed E-state index contributed by atoms with van der Waals surface area (Å²) in [6.45, 7) is 7.39. The molecule has 0 spiro atoms. The number of aromatic hydroxyl groups is 1. The number of pyridine rings is 1. The number of aromatic nitrogens is 1. The number of likely N-dealkylation sites (N-methyl/N-ethyl adjacent to an activating group) is 1. The molecule has 0 aliphatic rings. The molecule has 3 rings (SSSR count). The topological polar surface area (TPSA) is 112 Å². The number of nitro benzene ring substituents is 1. The number of phenolic OH excluding ortho intramolecular Hbond substituents is 1. The Morgan fingerprint density at radius 3 is 2.63 bits per heavy atom. The normalized spacial score (nSPS) is 11.4. The van der Waals surface area contributed by atoms with Crippen molar-refractivity contribution < 1.29 is 10.0 Å². The molecule has 0 aliphatic heterocycles. The molecule has 8 heteroatoms. The number of phenols is 1. The van der Waals surface area contributed by atoms with Gasteiger partial charge in [0.2, 0.25) is 0 Å². The van der Waals surface area contributed by atoms with E-state index in [4.69, 9.17) is 0 Å². The van der Waals surface area contributed by atoms with Crippen molar-refractivity contribution in [1.82, 2.24) is 9.88 Å². The number of aromatic amines is 1. The predicted molar refractivity (Wildman–Crippen MR) is 107 cm³/mol. The second kappa shape index (κ2) is 7.63. The molecule has 142 valence electrons. The predicted octanol–water partition coefficient (Wildman–Crippen LogP) is 3.05. The van der Waals surface area contributed by atoms with Gasteiger partial charge in [-0.2, -0.15) is 0 Å². The van der Waals surface area contributed by atoms with E-state index in [-0.39, 0.29) is 33.2 Å². The van der Waals surface area contributed by atoms with E-state index in [1.54, 1.807) is 6.07 Å². The van der Waals surface area contributed by atoms with Gasteiger partial charge in [0.15, 0.2) is 5.43 Å². The van der Waals surface area contributed by atoms with Crippen molar-refractivity contribution in [1.29, 1.82) is 0 Å². The molecule has 8 nitrogen and oxygen atoms in total. The lowest BCUT2D eigenvalue weighted by molar-refractivity contribution is -0.383. The Bertz CT molecular complexity index is 1060. The molecule has 2 aromatic carbocycles. The van der Waals surface area contributed by atoms with Crippen molar-refractivity contribution in [3.8, 4) is 5.75 Å². The fourth-order valence-electron chi connectivity index (χ4n) is 3.24. The van der Waals surface area contributed by atoms with E-state index in [1.807, 2.05) is 0 Å². The molecule has 0 aliphatic carbocycles. The van der Waals surface area contributed by atoms with Crippen LogP contribution >= 0.6 is 0 Å². The monoisotopic (exact) mass is 370 g/mol. The summed E-state index contributed by atoms with van der Waals surface area (Å²) >= 11 is 0. The van der Waals surface area contributed by atoms with Gasteiger partial charge in [0.05, 0.1) is 15.8 Å². The van der Waals surface area contributed by atoms with Gasteiger partial charge in [-0.3, -0.25) is 14.9 Å². The number of hydrogen-bond donors (Lipinski definition) is 3. The Labute approximate surface area is 155 Å². The largest absolute Gasteiger partial charge is 0.508 e. The van der Waals surface area contributed by atoms with Crippen LogP contribution in [0.3, 0.4) is 0 Å². The van der Waals surface area contributed by atoms with Crippen molar-refractivity contribution in [2.24, 2.45) is 0 Å². The number of benzene rings is 2. The van der Waals surface area contributed by atoms with Crippen molar-refractivity contribution in [2.45, 2.75) is 13.8 Å². The minimum absolute atomic E-state index is 0.0335. The first-order chi connectivity index (χ1) is 13.0. The Morgan fingerprint density at radius 2 is 1.96 bits per heavy atom. The standard InChI is InChI=1S/C19H22N4O4/c1-3-22(4-2)10-9-20-15-7-8-16(23(26)27)18-17(15)19(25)13-11-12(24)5-6-14(13)21-18/h5-8,11,20,24H,3-4,9-10H2,1-2H3,(H,21,25). The number of nitrogens with one attached hydrogen (secondary N) is 2. The number of fused-ring (bicyclic) bond motifs is 2. The molecule has 0 atom stereocenters. The maximum atomic E-state index is 13.0. The molecule has 0 bridgehead atoms. The fourth-order valence-corrected chi connectivity index (χ4v) is 3.24. The summed E-state index contributed by atoms with van der Waals surface area (Å²) in [6.07, 6.45) is 0. The van der Waals surface area contributed by atoms with E-state index >= 15 is 0 Å². The van der Waals surface area contributed by atoms with Gasteiger partial charge in [0.25, 0.3) is 5.69 Å². The average Bonchev–Trinajstić information content (AvgIpc) is 2.65. The van der Waals surface area contributed by atoms with E-state index in [1.165, 1.54) is 24.3 Å². The Morgan fingerprint density at radius 1 is 1.22 bits per heavy atom. The van der Waals surface area contributed by atoms with Crippen molar-refractivity contribution in [2.75, 3.05) is 31.5 Å². The van der Waals surface area contributed by atoms with Gasteiger partial charge in [0.1, 0.15) is 11.3 Å². The van der Waals surface area contributed by atoms with Gasteiger partial charge in [-0.25, -0.2) is 0 Å². The molecular formula is C19H22N4O4. The van der Waals surface area contributed by atoms with Crippen LogP contribution in [0, 0.1) is 10.1 Å². The van der Waals surface area contributed by atoms with E-state index in [0.29, 0.717) is 17.7 Å². The van der Waals surface area contributed by atoms with E-state index in [0.717, 1.165) is 19.6 Å². The summed E-state index contributed by atoms with van der Waals surface area (Å²) in [7, 11) is 0. The van der Waals surface area contributed by atoms with Crippen LogP contribution in [0.25, 0.3) is 21.8 Å². The summed E-state index contributed by atoms with van der Waals surface area (Å²) in [5.41, 5.74) is 0.633. The fraction of sp³-hybridized carbons (Fsp3) is 0.316. The maximum Gasteiger partial charge on any atom is 0.293 e. The number of anilines is 1. The molecule has 0 saturated heterocycles. The van der Waals surface area contributed by atoms with Crippen LogP contribution in [0.1, 0.15) is 13.8 Å². The highest BCUT2D eigenvalue weighted by Crippen LogP contribution is 2.30. The third kappa shape index (κ3) is 3.56. The van der Waals surface area contributed by atoms with Gasteiger partial charge in [-0.05, 0) is 37.4 Å². The lowest BCUT2D eigenvalue weighted by atomic mass is 10.1. The van der Waals surface area contributed by atoms with Crippen molar-refractivity contribution in [3.05, 3.63) is 50.7 Å². The summed E-state index contributed by atoms with van der Waals surface area (Å²) < 4.78 is 0. The third-order valence-corrected chi connectivity index (χ3v) is 4.75. The van der Waals surface area contributed by atoms with Crippen LogP contribution in [-0.2, 0) is 0 Å². The average molecular weight is 370 g/mol. The van der Waals surface area contributed by atoms with Gasteiger partial charge < -0.3 is 20.3 Å². The molecule has 1 heterocycles. The second-order valence-corrected chi connectivity index (χ2v) is 6.28. The summed E-state index contributed by atoms with van der Waals surface area (Å²) in [5.74, 6) is -0.0335. The van der Waals surface area contributed by atoms with Gasteiger partial charge in [-0.15, -0.1) is 0 Å². The van der Waals surface area contributed by atoms with Gasteiger partial charge in [-0.1, -0.05) is 13.8 Å². The molecule has 0 amide bonds. The Hall–Kier alpha value is -3.13. The minimum Gasteiger partial charge on any atom is -0.508 e. The first-order valence-corrected chi connectivity index (χ1v) is 8.88. The first kappa shape index (κ1) is 18.7. The highest BCUT2D eigenvalue weighted by Gasteiger charge is 2.19. The lowest BCUT2D eigenvalue weighted by Gasteiger charge is -2.19. The van der Waals surface area contributed by atoms with Crippen LogP contribution in [0.5, 0.6) is 5.75 Å².